The van der Waals surface area contributed by atoms with Crippen LogP contribution in [-0.4, -0.2) is 46.6 Å². The molecule has 2 aromatic rings. The van der Waals surface area contributed by atoms with Gasteiger partial charge in [-0.3, -0.25) is 4.79 Å². The average molecular weight is 324 g/mol. The van der Waals surface area contributed by atoms with Crippen LogP contribution in [0.2, 0.25) is 0 Å². The van der Waals surface area contributed by atoms with Crippen LogP contribution >= 0.6 is 11.3 Å². The third-order valence-electron chi connectivity index (χ3n) is 3.41. The first-order valence-electron chi connectivity index (χ1n) is 6.90. The molecule has 3 heterocycles. The summed E-state index contributed by atoms with van der Waals surface area (Å²) in [5.41, 5.74) is 3.29. The molecule has 8 nitrogen and oxygen atoms in total. The Morgan fingerprint density at radius 1 is 1.55 bits per heavy atom. The molecule has 0 radical (unpaired) electrons. The minimum absolute atomic E-state index is 0.125. The van der Waals surface area contributed by atoms with E-state index >= 15 is 0 Å². The summed E-state index contributed by atoms with van der Waals surface area (Å²) in [4.78, 5) is 16.4. The van der Waals surface area contributed by atoms with Gasteiger partial charge in [-0.25, -0.2) is 9.61 Å². The number of hydrogen-bond acceptors (Lipinski definition) is 8. The highest BCUT2D eigenvalue weighted by Crippen LogP contribution is 2.15. The van der Waals surface area contributed by atoms with Gasteiger partial charge in [0.25, 0.3) is 5.91 Å². The maximum absolute atomic E-state index is 12.2. The number of rotatable bonds is 5. The van der Waals surface area contributed by atoms with Gasteiger partial charge in [-0.15, -0.1) is 11.3 Å². The Morgan fingerprint density at radius 3 is 3.18 bits per heavy atom. The van der Waals surface area contributed by atoms with E-state index in [1.54, 1.807) is 12.4 Å². The molecule has 3 rings (SSSR count). The lowest BCUT2D eigenvalue weighted by Gasteiger charge is -2.31. The Hall–Kier alpha value is -1.84. The van der Waals surface area contributed by atoms with Gasteiger partial charge < -0.3 is 14.8 Å². The van der Waals surface area contributed by atoms with E-state index in [-0.39, 0.29) is 23.7 Å². The lowest BCUT2D eigenvalue weighted by molar-refractivity contribution is -0.0612. The molecule has 0 unspecified atom stereocenters. The molecule has 0 bridgehead atoms. The molecule has 1 N–H and O–H groups in total. The highest BCUT2D eigenvalue weighted by molar-refractivity contribution is 7.07. The summed E-state index contributed by atoms with van der Waals surface area (Å²) >= 11 is 1.53. The van der Waals surface area contributed by atoms with Crippen molar-refractivity contribution in [1.82, 2.24) is 20.6 Å². The summed E-state index contributed by atoms with van der Waals surface area (Å²) in [6, 6.07) is -0.240. The molecule has 1 fully saturated rings. The summed E-state index contributed by atoms with van der Waals surface area (Å²) in [7, 11) is 0. The monoisotopic (exact) mass is 324 g/mol. The fourth-order valence-electron chi connectivity index (χ4n) is 2.23. The van der Waals surface area contributed by atoms with Crippen molar-refractivity contribution < 1.29 is 18.9 Å². The van der Waals surface area contributed by atoms with Crippen molar-refractivity contribution in [3.63, 3.8) is 0 Å². The Labute approximate surface area is 130 Å². The Morgan fingerprint density at radius 2 is 2.45 bits per heavy atom. The van der Waals surface area contributed by atoms with Crippen LogP contribution < -0.4 is 5.32 Å². The average Bonchev–Trinajstić information content (AvgIpc) is 3.17. The van der Waals surface area contributed by atoms with Crippen LogP contribution in [0.4, 0.5) is 0 Å². The number of carbonyl (C=O) groups is 1. The lowest BCUT2D eigenvalue weighted by atomic mass is 10.1. The van der Waals surface area contributed by atoms with Crippen molar-refractivity contribution in [1.29, 1.82) is 0 Å². The van der Waals surface area contributed by atoms with Crippen LogP contribution in [0.1, 0.15) is 28.3 Å². The summed E-state index contributed by atoms with van der Waals surface area (Å²) in [6.45, 7) is 3.10. The van der Waals surface area contributed by atoms with Crippen LogP contribution in [0.15, 0.2) is 15.5 Å². The van der Waals surface area contributed by atoms with Crippen molar-refractivity contribution in [3.8, 4) is 0 Å². The second-order valence-electron chi connectivity index (χ2n) is 4.97. The number of hydrogen-bond donors (Lipinski definition) is 1. The minimum Gasteiger partial charge on any atom is -0.379 e. The number of nitrogens with zero attached hydrogens (tertiary/aromatic N) is 3. The molecular weight excluding hydrogens is 308 g/mol. The first-order valence-corrected chi connectivity index (χ1v) is 7.84. The van der Waals surface area contributed by atoms with Crippen LogP contribution in [0.5, 0.6) is 0 Å². The fraction of sp³-hybridized carbons (Fsp3) is 0.538. The second kappa shape index (κ2) is 6.95. The molecule has 0 saturated carbocycles. The van der Waals surface area contributed by atoms with Gasteiger partial charge in [-0.2, -0.15) is 0 Å². The molecular formula is C13H16N4O4S. The molecule has 2 atom stereocenters. The normalized spacial score (nSPS) is 21.7. The van der Waals surface area contributed by atoms with Gasteiger partial charge in [0.15, 0.2) is 5.69 Å². The van der Waals surface area contributed by atoms with Crippen LogP contribution in [0.25, 0.3) is 0 Å². The highest BCUT2D eigenvalue weighted by Gasteiger charge is 2.29. The second-order valence-corrected chi connectivity index (χ2v) is 5.69. The van der Waals surface area contributed by atoms with Gasteiger partial charge in [0.2, 0.25) is 0 Å². The molecule has 0 aliphatic carbocycles. The molecule has 0 spiro atoms. The van der Waals surface area contributed by atoms with Crippen molar-refractivity contribution in [2.24, 2.45) is 0 Å². The zero-order valence-corrected chi connectivity index (χ0v) is 12.8. The summed E-state index contributed by atoms with van der Waals surface area (Å²) in [5.74, 6) is -0.337. The fourth-order valence-corrected chi connectivity index (χ4v) is 2.77. The zero-order valence-electron chi connectivity index (χ0n) is 12.0. The van der Waals surface area contributed by atoms with E-state index in [0.29, 0.717) is 31.9 Å². The van der Waals surface area contributed by atoms with E-state index in [4.69, 9.17) is 9.47 Å². The summed E-state index contributed by atoms with van der Waals surface area (Å²) in [6.07, 6.45) is 0.588. The largest absolute Gasteiger partial charge is 0.379 e. The predicted molar refractivity (Wildman–Crippen MR) is 76.4 cm³/mol. The molecule has 118 valence electrons. The van der Waals surface area contributed by atoms with Crippen molar-refractivity contribution in [2.45, 2.75) is 32.1 Å². The molecule has 0 aromatic carbocycles. The molecule has 1 amide bonds. The van der Waals surface area contributed by atoms with E-state index in [1.165, 1.54) is 11.3 Å². The Bertz CT molecular complexity index is 615. The predicted octanol–water partition coefficient (Wildman–Crippen LogP) is 0.939. The van der Waals surface area contributed by atoms with E-state index < -0.39 is 0 Å². The Balaban J connectivity index is 1.60. The van der Waals surface area contributed by atoms with Crippen LogP contribution in [-0.2, 0) is 16.1 Å². The quantitative estimate of drug-likeness (QED) is 0.873. The summed E-state index contributed by atoms with van der Waals surface area (Å²) in [5, 5.41) is 12.0. The number of thiazole rings is 1. The first-order chi connectivity index (χ1) is 10.7. The van der Waals surface area contributed by atoms with Crippen molar-refractivity contribution >= 4 is 17.2 Å². The summed E-state index contributed by atoms with van der Waals surface area (Å²) < 4.78 is 15.9. The maximum Gasteiger partial charge on any atom is 0.275 e. The molecule has 22 heavy (non-hydrogen) atoms. The molecule has 1 aliphatic heterocycles. The van der Waals surface area contributed by atoms with Crippen LogP contribution in [0, 0.1) is 6.92 Å². The Kier molecular flexibility index (Phi) is 4.76. The van der Waals surface area contributed by atoms with Gasteiger partial charge in [0.05, 0.1) is 36.6 Å². The van der Waals surface area contributed by atoms with E-state index in [0.717, 1.165) is 5.69 Å². The number of ether oxygens (including phenoxy) is 2. The number of nitrogens with one attached hydrogen (secondary N) is 1. The highest BCUT2D eigenvalue weighted by atomic mass is 32.1. The zero-order chi connectivity index (χ0) is 15.4. The SMILES string of the molecule is Cc1nonc1C(=O)N[C@@H]1COCC[C@@H]1OCc1cscn1. The van der Waals surface area contributed by atoms with Crippen molar-refractivity contribution in [2.75, 3.05) is 13.2 Å². The molecule has 1 aliphatic rings. The maximum atomic E-state index is 12.2. The third-order valence-corrected chi connectivity index (χ3v) is 4.04. The van der Waals surface area contributed by atoms with E-state index in [2.05, 4.69) is 25.2 Å². The van der Waals surface area contributed by atoms with Crippen LogP contribution in [0.3, 0.4) is 0 Å². The smallest absolute Gasteiger partial charge is 0.275 e. The topological polar surface area (TPSA) is 99.4 Å². The first kappa shape index (κ1) is 15.1. The van der Waals surface area contributed by atoms with Gasteiger partial charge >= 0.3 is 0 Å². The van der Waals surface area contributed by atoms with Crippen molar-refractivity contribution in [3.05, 3.63) is 28.0 Å². The van der Waals surface area contributed by atoms with Gasteiger partial charge in [0.1, 0.15) is 5.69 Å². The van der Waals surface area contributed by atoms with E-state index in [1.807, 2.05) is 5.38 Å². The lowest BCUT2D eigenvalue weighted by Crippen LogP contribution is -2.50. The van der Waals surface area contributed by atoms with Gasteiger partial charge in [0, 0.05) is 12.0 Å². The van der Waals surface area contributed by atoms with Gasteiger partial charge in [-0.05, 0) is 18.5 Å². The number of aromatic nitrogens is 3. The minimum atomic E-state index is -0.337. The van der Waals surface area contributed by atoms with E-state index in [9.17, 15) is 4.79 Å². The molecule has 1 saturated heterocycles. The number of amides is 1. The number of aryl methyl sites for hydroxylation is 1. The third kappa shape index (κ3) is 3.49. The number of carbonyl (C=O) groups excluding carboxylic acids is 1. The molecule has 9 heteroatoms. The molecule has 2 aromatic heterocycles. The van der Waals surface area contributed by atoms with Gasteiger partial charge in [-0.1, -0.05) is 5.16 Å². The standard InChI is InChI=1S/C13H16N4O4S/c1-8-12(17-21-16-8)13(18)15-10-5-19-3-2-11(10)20-4-9-6-22-7-14-9/h6-7,10-11H,2-5H2,1H3,(H,15,18)/t10-,11+/m1/s1.